The summed E-state index contributed by atoms with van der Waals surface area (Å²) in [5.41, 5.74) is 0.826. The first-order valence-electron chi connectivity index (χ1n) is 17.2. The molecule has 2 aliphatic carbocycles. The van der Waals surface area contributed by atoms with Crippen molar-refractivity contribution in [2.24, 2.45) is 5.41 Å². The van der Waals surface area contributed by atoms with Gasteiger partial charge in [-0.2, -0.15) is 0 Å². The van der Waals surface area contributed by atoms with Gasteiger partial charge in [0.2, 0.25) is 10.0 Å². The minimum Gasteiger partial charge on any atom is -0.494 e. The number of amides is 1. The lowest BCUT2D eigenvalue weighted by Gasteiger charge is -2.33. The molecule has 11 nitrogen and oxygen atoms in total. The molecule has 3 atom stereocenters. The van der Waals surface area contributed by atoms with Gasteiger partial charge in [0.25, 0.3) is 0 Å². The lowest BCUT2D eigenvalue weighted by molar-refractivity contribution is -0.158. The van der Waals surface area contributed by atoms with Crippen LogP contribution in [0.4, 0.5) is 4.79 Å². The molecule has 272 valence electrons. The Morgan fingerprint density at radius 2 is 1.73 bits per heavy atom. The molecule has 4 rings (SSSR count). The highest BCUT2D eigenvalue weighted by Crippen LogP contribution is 2.42. The van der Waals surface area contributed by atoms with Gasteiger partial charge in [-0.15, -0.1) is 0 Å². The van der Waals surface area contributed by atoms with E-state index in [0.29, 0.717) is 51.4 Å². The van der Waals surface area contributed by atoms with Crippen LogP contribution < -0.4 is 14.8 Å². The van der Waals surface area contributed by atoms with Gasteiger partial charge in [-0.25, -0.2) is 17.9 Å². The van der Waals surface area contributed by atoms with Crippen LogP contribution in [0.15, 0.2) is 54.6 Å². The molecule has 12 heteroatoms. The maximum Gasteiger partial charge on any atom is 0.407 e. The van der Waals surface area contributed by atoms with Crippen molar-refractivity contribution in [1.29, 1.82) is 0 Å². The largest absolute Gasteiger partial charge is 0.494 e. The summed E-state index contributed by atoms with van der Waals surface area (Å²) in [5, 5.41) is 2.93. The topological polar surface area (TPSA) is 138 Å². The second-order valence-corrected chi connectivity index (χ2v) is 16.2. The summed E-state index contributed by atoms with van der Waals surface area (Å²) in [7, 11) is -2.00. The molecule has 0 unspecified atom stereocenters. The molecule has 0 aromatic heterocycles. The summed E-state index contributed by atoms with van der Waals surface area (Å²) < 4.78 is 55.1. The molecule has 2 fully saturated rings. The Labute approximate surface area is 291 Å². The molecule has 0 aliphatic heterocycles. The molecule has 0 saturated heterocycles. The van der Waals surface area contributed by atoms with Gasteiger partial charge in [-0.05, 0) is 94.9 Å². The van der Waals surface area contributed by atoms with Crippen LogP contribution in [-0.4, -0.2) is 77.5 Å². The van der Waals surface area contributed by atoms with Crippen molar-refractivity contribution in [3.8, 4) is 5.75 Å². The minimum atomic E-state index is -3.37. The number of hydrogen-bond donors (Lipinski definition) is 2. The predicted molar refractivity (Wildman–Crippen MR) is 187 cm³/mol. The average Bonchev–Trinajstić information content (AvgIpc) is 3.45. The Hall–Kier alpha value is -3.19. The fourth-order valence-electron chi connectivity index (χ4n) is 6.70. The van der Waals surface area contributed by atoms with E-state index >= 15 is 0 Å². The quantitative estimate of drug-likeness (QED) is 0.206. The summed E-state index contributed by atoms with van der Waals surface area (Å²) in [5.74, 6) is 0.791. The van der Waals surface area contributed by atoms with Crippen LogP contribution in [0.3, 0.4) is 0 Å². The Kier molecular flexibility index (Phi) is 13.9. The molecule has 0 spiro atoms. The predicted octanol–water partition coefficient (Wildman–Crippen LogP) is 5.87. The summed E-state index contributed by atoms with van der Waals surface area (Å²) >= 11 is 0. The number of nitrogens with one attached hydrogen (secondary N) is 2. The Morgan fingerprint density at radius 1 is 1.00 bits per heavy atom. The van der Waals surface area contributed by atoms with Crippen LogP contribution in [0.1, 0.15) is 89.2 Å². The van der Waals surface area contributed by atoms with Gasteiger partial charge < -0.3 is 29.0 Å². The molecular formula is C37H54N2O9S. The molecule has 1 amide bonds. The molecule has 0 radical (unpaired) electrons. The van der Waals surface area contributed by atoms with Crippen molar-refractivity contribution in [1.82, 2.24) is 10.0 Å². The van der Waals surface area contributed by atoms with Crippen LogP contribution in [0.25, 0.3) is 0 Å². The lowest BCUT2D eigenvalue weighted by Crippen LogP contribution is -2.42. The van der Waals surface area contributed by atoms with Crippen molar-refractivity contribution in [2.45, 2.75) is 108 Å². The Bertz CT molecular complexity index is 1460. The van der Waals surface area contributed by atoms with Gasteiger partial charge >= 0.3 is 12.1 Å². The highest BCUT2D eigenvalue weighted by atomic mass is 32.2. The number of carbonyl (C=O) groups is 2. The van der Waals surface area contributed by atoms with Crippen molar-refractivity contribution >= 4 is 22.1 Å². The number of sulfonamides is 1. The van der Waals surface area contributed by atoms with E-state index < -0.39 is 27.1 Å². The van der Waals surface area contributed by atoms with Gasteiger partial charge in [0.15, 0.2) is 0 Å². The summed E-state index contributed by atoms with van der Waals surface area (Å²) in [4.78, 5) is 25.3. The third-order valence-corrected chi connectivity index (χ3v) is 9.85. The molecule has 49 heavy (non-hydrogen) atoms. The van der Waals surface area contributed by atoms with Gasteiger partial charge in [0, 0.05) is 12.5 Å². The molecule has 2 saturated carbocycles. The van der Waals surface area contributed by atoms with E-state index in [1.807, 2.05) is 63.2 Å². The summed E-state index contributed by atoms with van der Waals surface area (Å²) in [6.45, 7) is 6.87. The van der Waals surface area contributed by atoms with E-state index in [1.54, 1.807) is 0 Å². The SMILES string of the molecule is COC(=O)[C@@]1(COC2CCC(c3cccc(OCC[C@@H](COCc4ccccc4)NC(=O)OC(C)(C)C)c3)CC2)CC[C@H](NS(C)(=O)=O)C1. The smallest absolute Gasteiger partial charge is 0.407 e. The second-order valence-electron chi connectivity index (χ2n) is 14.4. The number of rotatable bonds is 16. The fourth-order valence-corrected chi connectivity index (χ4v) is 7.51. The normalized spacial score (nSPS) is 23.4. The molecule has 0 bridgehead atoms. The molecule has 2 aromatic rings. The standard InChI is InChI=1S/C37H54N2O9S/c1-36(2,3)48-35(41)38-31(25-45-24-27-10-7-6-8-11-27)19-21-46-33-13-9-12-29(22-33)28-14-16-32(17-15-28)47-26-37(34(40)44-4)20-18-30(23-37)39-49(5,42)43/h6-13,22,28,30-32,39H,14-21,23-26H2,1-5H3,(H,38,41)/t28?,30-,31-,32?,37-/m0/s1. The first-order chi connectivity index (χ1) is 23.2. The number of alkyl carbamates (subject to hydrolysis) is 1. The van der Waals surface area contributed by atoms with E-state index in [4.69, 9.17) is 23.7 Å². The zero-order chi connectivity index (χ0) is 35.5. The zero-order valence-electron chi connectivity index (χ0n) is 29.6. The third kappa shape index (κ3) is 12.9. The molecule has 2 N–H and O–H groups in total. The maximum absolute atomic E-state index is 12.8. The van der Waals surface area contributed by atoms with E-state index in [0.717, 1.165) is 43.3 Å². The van der Waals surface area contributed by atoms with Crippen LogP contribution >= 0.6 is 0 Å². The highest BCUT2D eigenvalue weighted by molar-refractivity contribution is 7.88. The summed E-state index contributed by atoms with van der Waals surface area (Å²) in [6, 6.07) is 17.5. The lowest BCUT2D eigenvalue weighted by atomic mass is 9.82. The minimum absolute atomic E-state index is 0.0256. The van der Waals surface area contributed by atoms with Crippen LogP contribution in [-0.2, 0) is 40.4 Å². The van der Waals surface area contributed by atoms with Crippen LogP contribution in [0.5, 0.6) is 5.75 Å². The average molecular weight is 703 g/mol. The van der Waals surface area contributed by atoms with Gasteiger partial charge in [-0.3, -0.25) is 4.79 Å². The molecular weight excluding hydrogens is 648 g/mol. The van der Waals surface area contributed by atoms with Crippen molar-refractivity contribution in [3.63, 3.8) is 0 Å². The number of methoxy groups -OCH3 is 1. The first kappa shape index (κ1) is 38.6. The van der Waals surface area contributed by atoms with E-state index in [9.17, 15) is 18.0 Å². The highest BCUT2D eigenvalue weighted by Gasteiger charge is 2.47. The van der Waals surface area contributed by atoms with Gasteiger partial charge in [0.1, 0.15) is 11.4 Å². The summed E-state index contributed by atoms with van der Waals surface area (Å²) in [6.07, 6.45) is 6.28. The zero-order valence-corrected chi connectivity index (χ0v) is 30.4. The van der Waals surface area contributed by atoms with E-state index in [2.05, 4.69) is 22.2 Å². The van der Waals surface area contributed by atoms with E-state index in [-0.39, 0.29) is 30.8 Å². The molecule has 0 heterocycles. The van der Waals surface area contributed by atoms with Crippen LogP contribution in [0, 0.1) is 5.41 Å². The number of esters is 1. The molecule has 2 aromatic carbocycles. The van der Waals surface area contributed by atoms with Crippen molar-refractivity contribution < 1.29 is 41.7 Å². The maximum atomic E-state index is 12.8. The monoisotopic (exact) mass is 702 g/mol. The van der Waals surface area contributed by atoms with Crippen molar-refractivity contribution in [2.75, 3.05) is 33.2 Å². The number of carbonyl (C=O) groups excluding carboxylic acids is 2. The van der Waals surface area contributed by atoms with Gasteiger partial charge in [-0.1, -0.05) is 42.5 Å². The Balaban J connectivity index is 1.25. The Morgan fingerprint density at radius 3 is 2.41 bits per heavy atom. The first-order valence-corrected chi connectivity index (χ1v) is 19.1. The van der Waals surface area contributed by atoms with Gasteiger partial charge in [0.05, 0.1) is 57.4 Å². The number of ether oxygens (including phenoxy) is 5. The van der Waals surface area contributed by atoms with Crippen molar-refractivity contribution in [3.05, 3.63) is 65.7 Å². The fraction of sp³-hybridized carbons (Fsp3) is 0.622. The number of hydrogen-bond acceptors (Lipinski definition) is 9. The molecule has 2 aliphatic rings. The van der Waals surface area contributed by atoms with E-state index in [1.165, 1.54) is 12.7 Å². The second kappa shape index (κ2) is 17.6. The number of benzene rings is 2. The van der Waals surface area contributed by atoms with Crippen LogP contribution in [0.2, 0.25) is 0 Å². The third-order valence-electron chi connectivity index (χ3n) is 9.09.